The lowest BCUT2D eigenvalue weighted by Gasteiger charge is -2.12. The summed E-state index contributed by atoms with van der Waals surface area (Å²) in [6.07, 6.45) is 2.20. The standard InChI is InChI=1S/C17H20O2/c1-3-7-14-10-11-16(17(12-14)18-2)19-13-15-8-5-4-6-9-15/h4-6,8-12H,3,7,13H2,1-2H3. The maximum Gasteiger partial charge on any atom is 0.161 e. The van der Waals surface area contributed by atoms with Crippen LogP contribution in [0.1, 0.15) is 24.5 Å². The fraction of sp³-hybridized carbons (Fsp3) is 0.294. The van der Waals surface area contributed by atoms with Gasteiger partial charge in [-0.2, -0.15) is 0 Å². The molecule has 100 valence electrons. The van der Waals surface area contributed by atoms with Gasteiger partial charge < -0.3 is 9.47 Å². The summed E-state index contributed by atoms with van der Waals surface area (Å²) in [5.41, 5.74) is 2.44. The van der Waals surface area contributed by atoms with Crippen molar-refractivity contribution in [3.05, 3.63) is 59.7 Å². The molecule has 0 heterocycles. The number of methoxy groups -OCH3 is 1. The number of aryl methyl sites for hydroxylation is 1. The summed E-state index contributed by atoms with van der Waals surface area (Å²) >= 11 is 0. The molecule has 0 N–H and O–H groups in total. The second kappa shape index (κ2) is 6.83. The van der Waals surface area contributed by atoms with Crippen LogP contribution >= 0.6 is 0 Å². The largest absolute Gasteiger partial charge is 0.493 e. The summed E-state index contributed by atoms with van der Waals surface area (Å²) in [5, 5.41) is 0. The highest BCUT2D eigenvalue weighted by Gasteiger charge is 2.05. The van der Waals surface area contributed by atoms with E-state index in [0.717, 1.165) is 29.9 Å². The Morgan fingerprint density at radius 2 is 1.68 bits per heavy atom. The Labute approximate surface area is 115 Å². The van der Waals surface area contributed by atoms with Gasteiger partial charge in [0.25, 0.3) is 0 Å². The summed E-state index contributed by atoms with van der Waals surface area (Å²) < 4.78 is 11.2. The Balaban J connectivity index is 2.07. The molecular weight excluding hydrogens is 236 g/mol. The molecule has 2 heteroatoms. The van der Waals surface area contributed by atoms with Crippen LogP contribution in [0.2, 0.25) is 0 Å². The van der Waals surface area contributed by atoms with Gasteiger partial charge in [0, 0.05) is 0 Å². The van der Waals surface area contributed by atoms with E-state index in [-0.39, 0.29) is 0 Å². The number of rotatable bonds is 6. The number of ether oxygens (including phenoxy) is 2. The van der Waals surface area contributed by atoms with Crippen LogP contribution in [-0.2, 0) is 13.0 Å². The van der Waals surface area contributed by atoms with Crippen molar-refractivity contribution < 1.29 is 9.47 Å². The van der Waals surface area contributed by atoms with Crippen LogP contribution in [0.15, 0.2) is 48.5 Å². The first kappa shape index (κ1) is 13.5. The van der Waals surface area contributed by atoms with Gasteiger partial charge in [-0.15, -0.1) is 0 Å². The van der Waals surface area contributed by atoms with Crippen molar-refractivity contribution in [3.63, 3.8) is 0 Å². The molecule has 2 nitrogen and oxygen atoms in total. The molecule has 2 rings (SSSR count). The molecule has 2 aromatic carbocycles. The Bertz CT molecular complexity index is 506. The topological polar surface area (TPSA) is 18.5 Å². The molecule has 0 bridgehead atoms. The van der Waals surface area contributed by atoms with Crippen LogP contribution in [0, 0.1) is 0 Å². The van der Waals surface area contributed by atoms with Crippen molar-refractivity contribution in [1.29, 1.82) is 0 Å². The molecule has 0 saturated carbocycles. The first-order chi connectivity index (χ1) is 9.33. The Hall–Kier alpha value is -1.96. The maximum atomic E-state index is 5.82. The first-order valence-corrected chi connectivity index (χ1v) is 6.67. The molecule has 2 aromatic rings. The summed E-state index contributed by atoms with van der Waals surface area (Å²) in [7, 11) is 1.68. The molecule has 0 unspecified atom stereocenters. The highest BCUT2D eigenvalue weighted by molar-refractivity contribution is 5.43. The van der Waals surface area contributed by atoms with Crippen molar-refractivity contribution in [2.75, 3.05) is 7.11 Å². The van der Waals surface area contributed by atoms with E-state index >= 15 is 0 Å². The van der Waals surface area contributed by atoms with E-state index in [4.69, 9.17) is 9.47 Å². The predicted octanol–water partition coefficient (Wildman–Crippen LogP) is 4.23. The smallest absolute Gasteiger partial charge is 0.161 e. The Morgan fingerprint density at radius 3 is 2.37 bits per heavy atom. The Morgan fingerprint density at radius 1 is 0.895 bits per heavy atom. The van der Waals surface area contributed by atoms with E-state index in [1.54, 1.807) is 7.11 Å². The van der Waals surface area contributed by atoms with Gasteiger partial charge in [0.05, 0.1) is 7.11 Å². The average Bonchev–Trinajstić information content (AvgIpc) is 2.47. The van der Waals surface area contributed by atoms with Crippen molar-refractivity contribution in [1.82, 2.24) is 0 Å². The van der Waals surface area contributed by atoms with Gasteiger partial charge in [0.15, 0.2) is 11.5 Å². The molecular formula is C17H20O2. The highest BCUT2D eigenvalue weighted by Crippen LogP contribution is 2.29. The third-order valence-corrected chi connectivity index (χ3v) is 3.00. The van der Waals surface area contributed by atoms with Crippen LogP contribution in [0.25, 0.3) is 0 Å². The Kier molecular flexibility index (Phi) is 4.85. The lowest BCUT2D eigenvalue weighted by molar-refractivity contribution is 0.284. The normalized spacial score (nSPS) is 10.2. The van der Waals surface area contributed by atoms with E-state index in [1.165, 1.54) is 5.56 Å². The van der Waals surface area contributed by atoms with Crippen molar-refractivity contribution in [2.45, 2.75) is 26.4 Å². The van der Waals surface area contributed by atoms with Crippen LogP contribution < -0.4 is 9.47 Å². The third-order valence-electron chi connectivity index (χ3n) is 3.00. The summed E-state index contributed by atoms with van der Waals surface area (Å²) in [4.78, 5) is 0. The summed E-state index contributed by atoms with van der Waals surface area (Å²) in [6.45, 7) is 2.73. The van der Waals surface area contributed by atoms with Crippen LogP contribution in [0.3, 0.4) is 0 Å². The second-order valence-electron chi connectivity index (χ2n) is 4.51. The van der Waals surface area contributed by atoms with E-state index in [2.05, 4.69) is 31.2 Å². The molecule has 0 aliphatic rings. The van der Waals surface area contributed by atoms with Gasteiger partial charge >= 0.3 is 0 Å². The van der Waals surface area contributed by atoms with Crippen molar-refractivity contribution >= 4 is 0 Å². The molecule has 0 radical (unpaired) electrons. The molecule has 0 aromatic heterocycles. The molecule has 0 spiro atoms. The van der Waals surface area contributed by atoms with Crippen LogP contribution in [-0.4, -0.2) is 7.11 Å². The predicted molar refractivity (Wildman–Crippen MR) is 77.8 cm³/mol. The van der Waals surface area contributed by atoms with Crippen molar-refractivity contribution in [2.24, 2.45) is 0 Å². The minimum atomic E-state index is 0.560. The quantitative estimate of drug-likeness (QED) is 0.770. The fourth-order valence-corrected chi connectivity index (χ4v) is 2.01. The molecule has 0 saturated heterocycles. The molecule has 0 aliphatic heterocycles. The average molecular weight is 256 g/mol. The van der Waals surface area contributed by atoms with E-state index in [1.807, 2.05) is 24.3 Å². The highest BCUT2D eigenvalue weighted by atomic mass is 16.5. The molecule has 0 atom stereocenters. The maximum absolute atomic E-state index is 5.82. The van der Waals surface area contributed by atoms with Gasteiger partial charge in [0.2, 0.25) is 0 Å². The third kappa shape index (κ3) is 3.75. The van der Waals surface area contributed by atoms with E-state index in [0.29, 0.717) is 6.61 Å². The zero-order chi connectivity index (χ0) is 13.5. The number of hydrogen-bond donors (Lipinski definition) is 0. The van der Waals surface area contributed by atoms with Crippen LogP contribution in [0.5, 0.6) is 11.5 Å². The zero-order valence-corrected chi connectivity index (χ0v) is 11.6. The molecule has 0 fully saturated rings. The molecule has 19 heavy (non-hydrogen) atoms. The SMILES string of the molecule is CCCc1ccc(OCc2ccccc2)c(OC)c1. The van der Waals surface area contributed by atoms with Gasteiger partial charge in [0.1, 0.15) is 6.61 Å². The number of hydrogen-bond acceptors (Lipinski definition) is 2. The van der Waals surface area contributed by atoms with Gasteiger partial charge in [-0.25, -0.2) is 0 Å². The second-order valence-corrected chi connectivity index (χ2v) is 4.51. The lowest BCUT2D eigenvalue weighted by atomic mass is 10.1. The minimum Gasteiger partial charge on any atom is -0.493 e. The monoisotopic (exact) mass is 256 g/mol. The summed E-state index contributed by atoms with van der Waals surface area (Å²) in [6, 6.07) is 16.3. The van der Waals surface area contributed by atoms with E-state index in [9.17, 15) is 0 Å². The minimum absolute atomic E-state index is 0.560. The van der Waals surface area contributed by atoms with Gasteiger partial charge in [-0.1, -0.05) is 49.7 Å². The molecule has 0 aliphatic carbocycles. The van der Waals surface area contributed by atoms with Crippen molar-refractivity contribution in [3.8, 4) is 11.5 Å². The lowest BCUT2D eigenvalue weighted by Crippen LogP contribution is -1.98. The van der Waals surface area contributed by atoms with E-state index < -0.39 is 0 Å². The summed E-state index contributed by atoms with van der Waals surface area (Å²) in [5.74, 6) is 1.60. The van der Waals surface area contributed by atoms with Gasteiger partial charge in [-0.05, 0) is 29.7 Å². The van der Waals surface area contributed by atoms with Crippen LogP contribution in [0.4, 0.5) is 0 Å². The fourth-order valence-electron chi connectivity index (χ4n) is 2.01. The van der Waals surface area contributed by atoms with Gasteiger partial charge in [-0.3, -0.25) is 0 Å². The number of benzene rings is 2. The molecule has 0 amide bonds. The first-order valence-electron chi connectivity index (χ1n) is 6.67. The zero-order valence-electron chi connectivity index (χ0n) is 11.6.